The van der Waals surface area contributed by atoms with Gasteiger partial charge in [-0.1, -0.05) is 6.07 Å². The average Bonchev–Trinajstić information content (AvgIpc) is 2.60. The van der Waals surface area contributed by atoms with Crippen LogP contribution in [0.15, 0.2) is 42.5 Å². The molecule has 1 aromatic carbocycles. The van der Waals surface area contributed by atoms with Gasteiger partial charge in [0.15, 0.2) is 0 Å². The van der Waals surface area contributed by atoms with Crippen molar-refractivity contribution in [2.45, 2.75) is 18.8 Å². The van der Waals surface area contributed by atoms with Gasteiger partial charge in [0.05, 0.1) is 17.7 Å². The Hall–Kier alpha value is -3.63. The summed E-state index contributed by atoms with van der Waals surface area (Å²) in [5.41, 5.74) is 0.323. The first-order valence-electron chi connectivity index (χ1n) is 7.60. The van der Waals surface area contributed by atoms with Crippen LogP contribution in [0, 0.1) is 0 Å². The van der Waals surface area contributed by atoms with Crippen LogP contribution in [0.4, 0.5) is 13.2 Å². The number of ether oxygens (including phenoxy) is 1. The Balaban J connectivity index is 2.18. The van der Waals surface area contributed by atoms with Gasteiger partial charge in [-0.3, -0.25) is 4.79 Å². The Kier molecular flexibility index (Phi) is 6.18. The van der Waals surface area contributed by atoms with Crippen LogP contribution in [0.25, 0.3) is 11.3 Å². The second kappa shape index (κ2) is 8.37. The summed E-state index contributed by atoms with van der Waals surface area (Å²) in [6.45, 7) is 0. The van der Waals surface area contributed by atoms with Gasteiger partial charge in [-0.25, -0.2) is 4.98 Å². The Bertz CT molecular complexity index is 883. The van der Waals surface area contributed by atoms with Crippen LogP contribution in [0.2, 0.25) is 0 Å². The molecule has 0 bridgehead atoms. The van der Waals surface area contributed by atoms with Crippen LogP contribution in [-0.2, 0) is 9.59 Å². The molecular weight excluding hydrogens is 385 g/mol. The molecule has 11 heteroatoms. The lowest BCUT2D eigenvalue weighted by Crippen LogP contribution is -2.50. The molecule has 8 nitrogen and oxygen atoms in total. The number of alkyl halides is 3. The summed E-state index contributed by atoms with van der Waals surface area (Å²) in [5.74, 6) is -4.93. The van der Waals surface area contributed by atoms with Gasteiger partial charge in [-0.15, -0.1) is 13.2 Å². The minimum Gasteiger partial charge on any atom is -0.550 e. The van der Waals surface area contributed by atoms with Gasteiger partial charge in [-0.05, 0) is 36.4 Å². The van der Waals surface area contributed by atoms with E-state index in [1.54, 1.807) is 0 Å². The minimum absolute atomic E-state index is 0.205. The molecule has 0 aliphatic carbocycles. The summed E-state index contributed by atoms with van der Waals surface area (Å²) in [5, 5.41) is 23.4. The zero-order valence-corrected chi connectivity index (χ0v) is 13.9. The van der Waals surface area contributed by atoms with E-state index in [-0.39, 0.29) is 11.4 Å². The monoisotopic (exact) mass is 396 g/mol. The van der Waals surface area contributed by atoms with Gasteiger partial charge < -0.3 is 29.9 Å². The first-order chi connectivity index (χ1) is 13.0. The van der Waals surface area contributed by atoms with Crippen LogP contribution < -0.4 is 20.3 Å². The Labute approximate surface area is 155 Å². The molecule has 0 aliphatic heterocycles. The highest BCUT2D eigenvalue weighted by Crippen LogP contribution is 2.25. The zero-order chi connectivity index (χ0) is 20.9. The van der Waals surface area contributed by atoms with Crippen molar-refractivity contribution >= 4 is 17.8 Å². The molecular formula is C17H11F3N2O6-2. The first kappa shape index (κ1) is 20.7. The lowest BCUT2D eigenvalue weighted by molar-refractivity contribution is -0.317. The van der Waals surface area contributed by atoms with E-state index in [0.717, 1.165) is 12.1 Å². The number of pyridine rings is 1. The molecule has 1 amide bonds. The molecule has 0 radical (unpaired) electrons. The molecule has 1 heterocycles. The predicted octanol–water partition coefficient (Wildman–Crippen LogP) is -0.364. The number of carbonyl (C=O) groups excluding carboxylic acids is 3. The second-order valence-corrected chi connectivity index (χ2v) is 5.40. The number of amides is 1. The number of hydrogen-bond acceptors (Lipinski definition) is 7. The van der Waals surface area contributed by atoms with Crippen LogP contribution in [0.1, 0.15) is 16.9 Å². The van der Waals surface area contributed by atoms with E-state index < -0.39 is 42.4 Å². The number of hydrogen-bond donors (Lipinski definition) is 1. The van der Waals surface area contributed by atoms with Crippen molar-refractivity contribution in [2.75, 3.05) is 0 Å². The Morgan fingerprint density at radius 2 is 1.71 bits per heavy atom. The molecule has 0 spiro atoms. The third-order valence-electron chi connectivity index (χ3n) is 3.33. The number of halogens is 3. The number of carboxylic acid groups (broad SMARTS) is 2. The number of aliphatic carboxylic acids is 2. The fourth-order valence-electron chi connectivity index (χ4n) is 2.14. The van der Waals surface area contributed by atoms with E-state index in [1.807, 2.05) is 5.32 Å². The SMILES string of the molecule is O=C([O-])C[C@H](NC(=O)c1cccc(-c2ccc(OC(F)(F)F)cc2)n1)C(=O)[O-]. The largest absolute Gasteiger partial charge is 0.573 e. The van der Waals surface area contributed by atoms with Gasteiger partial charge in [0, 0.05) is 18.0 Å². The summed E-state index contributed by atoms with van der Waals surface area (Å²) >= 11 is 0. The van der Waals surface area contributed by atoms with Crippen LogP contribution >= 0.6 is 0 Å². The third-order valence-corrected chi connectivity index (χ3v) is 3.33. The molecule has 28 heavy (non-hydrogen) atoms. The van der Waals surface area contributed by atoms with Gasteiger partial charge in [-0.2, -0.15) is 0 Å². The number of carboxylic acids is 2. The normalized spacial score (nSPS) is 12.1. The van der Waals surface area contributed by atoms with Crippen LogP contribution in [0.3, 0.4) is 0 Å². The third kappa shape index (κ3) is 5.97. The molecule has 2 aromatic rings. The maximum absolute atomic E-state index is 12.2. The molecule has 1 atom stereocenters. The Morgan fingerprint density at radius 1 is 1.07 bits per heavy atom. The Morgan fingerprint density at radius 3 is 2.25 bits per heavy atom. The number of nitrogens with zero attached hydrogens (tertiary/aromatic N) is 1. The number of aromatic nitrogens is 1. The van der Waals surface area contributed by atoms with Crippen molar-refractivity contribution < 1.29 is 42.5 Å². The van der Waals surface area contributed by atoms with E-state index in [0.29, 0.717) is 5.56 Å². The van der Waals surface area contributed by atoms with Crippen LogP contribution in [0.5, 0.6) is 5.75 Å². The molecule has 0 fully saturated rings. The molecule has 0 saturated heterocycles. The van der Waals surface area contributed by atoms with E-state index >= 15 is 0 Å². The molecule has 148 valence electrons. The van der Waals surface area contributed by atoms with E-state index in [1.165, 1.54) is 30.3 Å². The van der Waals surface area contributed by atoms with Crippen molar-refractivity contribution in [3.63, 3.8) is 0 Å². The van der Waals surface area contributed by atoms with Crippen molar-refractivity contribution in [3.8, 4) is 17.0 Å². The highest BCUT2D eigenvalue weighted by molar-refractivity contribution is 5.95. The second-order valence-electron chi connectivity index (χ2n) is 5.40. The first-order valence-corrected chi connectivity index (χ1v) is 7.60. The van der Waals surface area contributed by atoms with Crippen LogP contribution in [-0.4, -0.2) is 35.2 Å². The fourth-order valence-corrected chi connectivity index (χ4v) is 2.14. The van der Waals surface area contributed by atoms with Gasteiger partial charge in [0.1, 0.15) is 11.4 Å². The predicted molar refractivity (Wildman–Crippen MR) is 82.2 cm³/mol. The molecule has 0 unspecified atom stereocenters. The minimum atomic E-state index is -4.83. The molecule has 2 rings (SSSR count). The maximum Gasteiger partial charge on any atom is 0.573 e. The standard InChI is InChI=1S/C17H13F3N2O6/c18-17(19,20)28-10-6-4-9(5-7-10)11-2-1-3-12(21-11)15(25)22-13(16(26)27)8-14(23)24/h1-7,13H,8H2,(H,22,25)(H,23,24)(H,26,27)/p-2/t13-/m0/s1. The molecule has 0 aliphatic rings. The van der Waals surface area contributed by atoms with Gasteiger partial charge in [0.2, 0.25) is 0 Å². The lowest BCUT2D eigenvalue weighted by atomic mass is 10.1. The van der Waals surface area contributed by atoms with E-state index in [2.05, 4.69) is 9.72 Å². The summed E-state index contributed by atoms with van der Waals surface area (Å²) in [4.78, 5) is 37.5. The summed E-state index contributed by atoms with van der Waals surface area (Å²) in [6.07, 6.45) is -5.83. The molecule has 1 aromatic heterocycles. The smallest absolute Gasteiger partial charge is 0.550 e. The molecule has 0 saturated carbocycles. The lowest BCUT2D eigenvalue weighted by Gasteiger charge is -2.19. The highest BCUT2D eigenvalue weighted by Gasteiger charge is 2.31. The van der Waals surface area contributed by atoms with E-state index in [4.69, 9.17) is 0 Å². The fraction of sp³-hybridized carbons (Fsp3) is 0.176. The average molecular weight is 396 g/mol. The number of benzene rings is 1. The van der Waals surface area contributed by atoms with Gasteiger partial charge in [0.25, 0.3) is 5.91 Å². The summed E-state index contributed by atoms with van der Waals surface area (Å²) in [6, 6.07) is 6.98. The quantitative estimate of drug-likeness (QED) is 0.676. The highest BCUT2D eigenvalue weighted by atomic mass is 19.4. The number of rotatable bonds is 7. The number of carbonyl (C=O) groups is 3. The van der Waals surface area contributed by atoms with Crippen molar-refractivity contribution in [1.82, 2.24) is 10.3 Å². The van der Waals surface area contributed by atoms with Crippen molar-refractivity contribution in [2.24, 2.45) is 0 Å². The van der Waals surface area contributed by atoms with E-state index in [9.17, 15) is 37.8 Å². The summed E-state index contributed by atoms with van der Waals surface area (Å²) in [7, 11) is 0. The maximum atomic E-state index is 12.2. The van der Waals surface area contributed by atoms with Crippen molar-refractivity contribution in [1.29, 1.82) is 0 Å². The van der Waals surface area contributed by atoms with Gasteiger partial charge >= 0.3 is 6.36 Å². The molecule has 1 N–H and O–H groups in total. The summed E-state index contributed by atoms with van der Waals surface area (Å²) < 4.78 is 40.3. The van der Waals surface area contributed by atoms with Crippen molar-refractivity contribution in [3.05, 3.63) is 48.2 Å². The topological polar surface area (TPSA) is 131 Å². The number of nitrogens with one attached hydrogen (secondary N) is 1. The zero-order valence-electron chi connectivity index (χ0n) is 13.9.